The molecule has 0 saturated carbocycles. The Bertz CT molecular complexity index is 474. The van der Waals surface area contributed by atoms with Gasteiger partial charge in [0.15, 0.2) is 0 Å². The monoisotopic (exact) mass is 262 g/mol. The number of nitrogens with one attached hydrogen (secondary N) is 1. The van der Waals surface area contributed by atoms with Gasteiger partial charge in [0.25, 0.3) is 0 Å². The number of amides is 2. The van der Waals surface area contributed by atoms with E-state index in [-0.39, 0.29) is 12.6 Å². The van der Waals surface area contributed by atoms with Crippen LogP contribution in [0.15, 0.2) is 24.3 Å². The highest BCUT2D eigenvalue weighted by Crippen LogP contribution is 2.18. The molecule has 2 amide bonds. The predicted octanol–water partition coefficient (Wildman–Crippen LogP) is 1.32. The van der Waals surface area contributed by atoms with E-state index in [1.54, 1.807) is 4.90 Å². The lowest BCUT2D eigenvalue weighted by atomic mass is 10.0. The van der Waals surface area contributed by atoms with Gasteiger partial charge in [-0.25, -0.2) is 4.79 Å². The summed E-state index contributed by atoms with van der Waals surface area (Å²) in [6.07, 6.45) is 1.92. The number of hydrogen-bond acceptors (Lipinski definition) is 3. The number of hydrogen-bond donors (Lipinski definition) is 1. The van der Waals surface area contributed by atoms with Gasteiger partial charge in [-0.05, 0) is 24.0 Å². The van der Waals surface area contributed by atoms with Gasteiger partial charge in [0, 0.05) is 13.1 Å². The first-order chi connectivity index (χ1) is 9.20. The molecule has 1 heterocycles. The second-order valence-corrected chi connectivity index (χ2v) is 4.53. The molecule has 0 fully saturated rings. The molecular weight excluding hydrogens is 244 g/mol. The van der Waals surface area contributed by atoms with Crippen LogP contribution >= 0.6 is 0 Å². The van der Waals surface area contributed by atoms with E-state index in [0.29, 0.717) is 13.1 Å². The number of aryl methyl sites for hydroxylation is 1. The van der Waals surface area contributed by atoms with Gasteiger partial charge in [0.2, 0.25) is 0 Å². The van der Waals surface area contributed by atoms with Crippen molar-refractivity contribution in [1.29, 1.82) is 0 Å². The molecule has 0 radical (unpaired) electrons. The molecule has 19 heavy (non-hydrogen) atoms. The van der Waals surface area contributed by atoms with Crippen molar-refractivity contribution in [3.8, 4) is 0 Å². The zero-order chi connectivity index (χ0) is 13.7. The Morgan fingerprint density at radius 1 is 1.32 bits per heavy atom. The molecule has 2 rings (SSSR count). The van der Waals surface area contributed by atoms with E-state index < -0.39 is 5.97 Å². The van der Waals surface area contributed by atoms with Gasteiger partial charge in [-0.15, -0.1) is 0 Å². The largest absolute Gasteiger partial charge is 0.468 e. The van der Waals surface area contributed by atoms with Crippen LogP contribution in [0.3, 0.4) is 0 Å². The molecule has 5 nitrogen and oxygen atoms in total. The van der Waals surface area contributed by atoms with Crippen LogP contribution in [-0.2, 0) is 22.5 Å². The Morgan fingerprint density at radius 3 is 2.79 bits per heavy atom. The molecule has 1 aromatic rings. The summed E-state index contributed by atoms with van der Waals surface area (Å²) in [5, 5.41) is 2.57. The van der Waals surface area contributed by atoms with Crippen molar-refractivity contribution in [2.75, 3.05) is 20.2 Å². The first kappa shape index (κ1) is 13.4. The summed E-state index contributed by atoms with van der Waals surface area (Å²) in [4.78, 5) is 24.7. The fourth-order valence-corrected chi connectivity index (χ4v) is 2.21. The van der Waals surface area contributed by atoms with E-state index in [2.05, 4.69) is 16.1 Å². The summed E-state index contributed by atoms with van der Waals surface area (Å²) in [5.41, 5.74) is 2.47. The number of rotatable bonds is 2. The summed E-state index contributed by atoms with van der Waals surface area (Å²) in [6, 6.07) is 7.93. The van der Waals surface area contributed by atoms with Crippen LogP contribution in [0, 0.1) is 0 Å². The van der Waals surface area contributed by atoms with Crippen molar-refractivity contribution in [3.63, 3.8) is 0 Å². The van der Waals surface area contributed by atoms with Crippen molar-refractivity contribution < 1.29 is 14.3 Å². The van der Waals surface area contributed by atoms with Gasteiger partial charge >= 0.3 is 12.0 Å². The number of carbonyl (C=O) groups is 2. The Balaban J connectivity index is 1.98. The quantitative estimate of drug-likeness (QED) is 0.818. The zero-order valence-electron chi connectivity index (χ0n) is 11.0. The van der Waals surface area contributed by atoms with Crippen molar-refractivity contribution in [3.05, 3.63) is 35.4 Å². The van der Waals surface area contributed by atoms with Gasteiger partial charge in [-0.2, -0.15) is 0 Å². The smallest absolute Gasteiger partial charge is 0.325 e. The van der Waals surface area contributed by atoms with E-state index in [4.69, 9.17) is 0 Å². The average Bonchev–Trinajstić information content (AvgIpc) is 2.66. The minimum atomic E-state index is -0.441. The highest BCUT2D eigenvalue weighted by Gasteiger charge is 2.18. The van der Waals surface area contributed by atoms with Crippen LogP contribution in [0.4, 0.5) is 4.79 Å². The maximum Gasteiger partial charge on any atom is 0.325 e. The molecular formula is C14H18N2O3. The fourth-order valence-electron chi connectivity index (χ4n) is 2.21. The molecule has 102 valence electrons. The van der Waals surface area contributed by atoms with Crippen molar-refractivity contribution >= 4 is 12.0 Å². The fraction of sp³-hybridized carbons (Fsp3) is 0.429. The average molecular weight is 262 g/mol. The van der Waals surface area contributed by atoms with Crippen molar-refractivity contribution in [2.24, 2.45) is 0 Å². The predicted molar refractivity (Wildman–Crippen MR) is 70.6 cm³/mol. The summed E-state index contributed by atoms with van der Waals surface area (Å²) >= 11 is 0. The van der Waals surface area contributed by atoms with Gasteiger partial charge in [0.1, 0.15) is 6.54 Å². The lowest BCUT2D eigenvalue weighted by Gasteiger charge is -2.21. The van der Waals surface area contributed by atoms with Gasteiger partial charge < -0.3 is 15.0 Å². The summed E-state index contributed by atoms with van der Waals surface area (Å²) in [7, 11) is 1.30. The number of carbonyl (C=O) groups excluding carboxylic acids is 2. The summed E-state index contributed by atoms with van der Waals surface area (Å²) in [5.74, 6) is -0.441. The molecule has 0 aromatic heterocycles. The number of benzene rings is 1. The molecule has 0 unspecified atom stereocenters. The molecule has 1 N–H and O–H groups in total. The minimum Gasteiger partial charge on any atom is -0.468 e. The number of ether oxygens (including phenoxy) is 1. The second kappa shape index (κ2) is 6.22. The number of fused-ring (bicyclic) bond motifs is 1. The maximum atomic E-state index is 12.0. The first-order valence-electron chi connectivity index (χ1n) is 6.37. The van der Waals surface area contributed by atoms with Crippen LogP contribution in [0.1, 0.15) is 17.5 Å². The Morgan fingerprint density at radius 2 is 2.05 bits per heavy atom. The van der Waals surface area contributed by atoms with Crippen LogP contribution in [0.5, 0.6) is 0 Å². The van der Waals surface area contributed by atoms with Crippen molar-refractivity contribution in [1.82, 2.24) is 10.2 Å². The first-order valence-corrected chi connectivity index (χ1v) is 6.37. The molecule has 5 heteroatoms. The molecule has 1 aromatic carbocycles. The van der Waals surface area contributed by atoms with E-state index >= 15 is 0 Å². The normalized spacial score (nSPS) is 14.3. The molecule has 1 aliphatic rings. The third kappa shape index (κ3) is 3.47. The van der Waals surface area contributed by atoms with E-state index in [1.165, 1.54) is 18.2 Å². The zero-order valence-corrected chi connectivity index (χ0v) is 11.0. The lowest BCUT2D eigenvalue weighted by Crippen LogP contribution is -2.41. The van der Waals surface area contributed by atoms with E-state index in [1.807, 2.05) is 18.2 Å². The Labute approximate surface area is 112 Å². The SMILES string of the molecule is COC(=O)CNC(=O)N1CCCc2ccccc2C1. The number of nitrogens with zero attached hydrogens (tertiary/aromatic N) is 1. The van der Waals surface area contributed by atoms with Crippen molar-refractivity contribution in [2.45, 2.75) is 19.4 Å². The van der Waals surface area contributed by atoms with Crippen LogP contribution in [-0.4, -0.2) is 37.1 Å². The molecule has 0 bridgehead atoms. The lowest BCUT2D eigenvalue weighted by molar-refractivity contribution is -0.139. The Hall–Kier alpha value is -2.04. The third-order valence-corrected chi connectivity index (χ3v) is 3.25. The summed E-state index contributed by atoms with van der Waals surface area (Å²) < 4.78 is 4.50. The van der Waals surface area contributed by atoms with Crippen LogP contribution < -0.4 is 5.32 Å². The minimum absolute atomic E-state index is 0.0898. The van der Waals surface area contributed by atoms with Gasteiger partial charge in [-0.3, -0.25) is 4.79 Å². The maximum absolute atomic E-state index is 12.0. The van der Waals surface area contributed by atoms with Crippen LogP contribution in [0.25, 0.3) is 0 Å². The van der Waals surface area contributed by atoms with E-state index in [9.17, 15) is 9.59 Å². The Kier molecular flexibility index (Phi) is 4.39. The standard InChI is InChI=1S/C14H18N2O3/c1-19-13(17)9-15-14(18)16-8-4-7-11-5-2-3-6-12(11)10-16/h2-3,5-6H,4,7-10H2,1H3,(H,15,18). The third-order valence-electron chi connectivity index (χ3n) is 3.25. The molecule has 0 atom stereocenters. The summed E-state index contributed by atoms with van der Waals surface area (Å²) in [6.45, 7) is 1.19. The van der Waals surface area contributed by atoms with Gasteiger partial charge in [-0.1, -0.05) is 24.3 Å². The number of methoxy groups -OCH3 is 1. The molecule has 0 saturated heterocycles. The molecule has 0 spiro atoms. The topological polar surface area (TPSA) is 58.6 Å². The van der Waals surface area contributed by atoms with Gasteiger partial charge in [0.05, 0.1) is 7.11 Å². The highest BCUT2D eigenvalue weighted by molar-refractivity contribution is 5.80. The highest BCUT2D eigenvalue weighted by atomic mass is 16.5. The number of urea groups is 1. The van der Waals surface area contributed by atoms with Crippen LogP contribution in [0.2, 0.25) is 0 Å². The molecule has 1 aliphatic heterocycles. The number of esters is 1. The second-order valence-electron chi connectivity index (χ2n) is 4.53. The van der Waals surface area contributed by atoms with E-state index in [0.717, 1.165) is 12.8 Å². The molecule has 0 aliphatic carbocycles.